The summed E-state index contributed by atoms with van der Waals surface area (Å²) >= 11 is 6.14. The quantitative estimate of drug-likeness (QED) is 0.731. The minimum absolute atomic E-state index is 0.280. The van der Waals surface area contributed by atoms with Crippen molar-refractivity contribution in [3.8, 4) is 0 Å². The lowest BCUT2D eigenvalue weighted by atomic mass is 10.1. The summed E-state index contributed by atoms with van der Waals surface area (Å²) in [6.45, 7) is 1.90. The smallest absolute Gasteiger partial charge is 0.274 e. The minimum atomic E-state index is -0.307. The maximum absolute atomic E-state index is 12.3. The molecule has 5 heteroatoms. The van der Waals surface area contributed by atoms with E-state index in [0.717, 1.165) is 16.3 Å². The number of hydrogen-bond acceptors (Lipinski definition) is 3. The zero-order chi connectivity index (χ0) is 14.8. The molecule has 0 fully saturated rings. The van der Waals surface area contributed by atoms with Gasteiger partial charge in [-0.2, -0.15) is 0 Å². The summed E-state index contributed by atoms with van der Waals surface area (Å²) in [4.78, 5) is 20.5. The number of aromatic nitrogens is 2. The van der Waals surface area contributed by atoms with Crippen molar-refractivity contribution >= 4 is 34.0 Å². The topological polar surface area (TPSA) is 54.9 Å². The summed E-state index contributed by atoms with van der Waals surface area (Å²) in [6, 6.07) is 11.1. The number of pyridine rings is 2. The van der Waals surface area contributed by atoms with Gasteiger partial charge in [-0.3, -0.25) is 9.78 Å². The van der Waals surface area contributed by atoms with Gasteiger partial charge in [0, 0.05) is 11.6 Å². The highest BCUT2D eigenvalue weighted by molar-refractivity contribution is 6.34. The van der Waals surface area contributed by atoms with Crippen LogP contribution in [0, 0.1) is 6.92 Å². The molecule has 3 aromatic rings. The van der Waals surface area contributed by atoms with E-state index in [2.05, 4.69) is 15.3 Å². The Balaban J connectivity index is 1.97. The maximum Gasteiger partial charge on any atom is 0.274 e. The maximum atomic E-state index is 12.3. The van der Waals surface area contributed by atoms with E-state index < -0.39 is 0 Å². The number of rotatable bonds is 2. The van der Waals surface area contributed by atoms with Gasteiger partial charge in [-0.15, -0.1) is 0 Å². The zero-order valence-corrected chi connectivity index (χ0v) is 12.1. The molecule has 104 valence electrons. The Bertz CT molecular complexity index is 833. The lowest BCUT2D eigenvalue weighted by Crippen LogP contribution is -2.14. The number of amides is 1. The molecular formula is C16H12ClN3O. The Morgan fingerprint density at radius 3 is 2.86 bits per heavy atom. The molecule has 0 unspecified atom stereocenters. The van der Waals surface area contributed by atoms with Crippen LogP contribution in [-0.2, 0) is 0 Å². The molecule has 1 amide bonds. The summed E-state index contributed by atoms with van der Waals surface area (Å²) in [5.41, 5.74) is 1.88. The van der Waals surface area contributed by atoms with Crippen molar-refractivity contribution in [2.24, 2.45) is 0 Å². The van der Waals surface area contributed by atoms with E-state index in [0.29, 0.717) is 10.8 Å². The van der Waals surface area contributed by atoms with E-state index in [4.69, 9.17) is 11.6 Å². The van der Waals surface area contributed by atoms with E-state index in [1.807, 2.05) is 37.3 Å². The lowest BCUT2D eigenvalue weighted by molar-refractivity contribution is 0.102. The molecule has 0 atom stereocenters. The average molecular weight is 298 g/mol. The molecule has 0 spiro atoms. The van der Waals surface area contributed by atoms with Gasteiger partial charge in [-0.25, -0.2) is 4.98 Å². The molecule has 21 heavy (non-hydrogen) atoms. The third-order valence-electron chi connectivity index (χ3n) is 3.21. The third-order valence-corrected chi connectivity index (χ3v) is 3.50. The largest absolute Gasteiger partial charge is 0.319 e. The van der Waals surface area contributed by atoms with Crippen LogP contribution >= 0.6 is 11.6 Å². The Morgan fingerprint density at radius 1 is 1.24 bits per heavy atom. The molecule has 0 radical (unpaired) electrons. The number of nitrogens with zero attached hydrogens (tertiary/aromatic N) is 2. The van der Waals surface area contributed by atoms with Crippen molar-refractivity contribution in [1.29, 1.82) is 0 Å². The highest BCUT2D eigenvalue weighted by Gasteiger charge is 2.12. The molecule has 1 aromatic carbocycles. The number of fused-ring (bicyclic) bond motifs is 1. The van der Waals surface area contributed by atoms with Crippen LogP contribution < -0.4 is 5.32 Å². The third kappa shape index (κ3) is 2.71. The van der Waals surface area contributed by atoms with Gasteiger partial charge in [0.2, 0.25) is 0 Å². The first-order chi connectivity index (χ1) is 10.1. The standard InChI is InChI=1S/C16H12ClN3O/c1-10-6-7-18-9-14(10)20-16(21)13-8-11-4-2-3-5-12(11)15(17)19-13/h2-9H,1H3,(H,20,21). The first-order valence-corrected chi connectivity index (χ1v) is 6.80. The SMILES string of the molecule is Cc1ccncc1NC(=O)c1cc2ccccc2c(Cl)n1. The van der Waals surface area contributed by atoms with Crippen molar-refractivity contribution in [2.75, 3.05) is 5.32 Å². The van der Waals surface area contributed by atoms with E-state index in [1.165, 1.54) is 0 Å². The molecule has 2 heterocycles. The first kappa shape index (κ1) is 13.5. The van der Waals surface area contributed by atoms with Crippen molar-refractivity contribution in [3.05, 3.63) is 65.2 Å². The van der Waals surface area contributed by atoms with Crippen LogP contribution in [-0.4, -0.2) is 15.9 Å². The second-order valence-electron chi connectivity index (χ2n) is 4.66. The van der Waals surface area contributed by atoms with Gasteiger partial charge in [0.05, 0.1) is 11.9 Å². The number of carbonyl (C=O) groups is 1. The van der Waals surface area contributed by atoms with Gasteiger partial charge in [0.15, 0.2) is 0 Å². The monoisotopic (exact) mass is 297 g/mol. The van der Waals surface area contributed by atoms with Crippen molar-refractivity contribution in [3.63, 3.8) is 0 Å². The summed E-state index contributed by atoms with van der Waals surface area (Å²) in [5, 5.41) is 4.82. The number of hydrogen-bond donors (Lipinski definition) is 1. The normalized spacial score (nSPS) is 10.6. The summed E-state index contributed by atoms with van der Waals surface area (Å²) in [6.07, 6.45) is 3.28. The zero-order valence-electron chi connectivity index (χ0n) is 11.3. The molecule has 0 saturated heterocycles. The molecular weight excluding hydrogens is 286 g/mol. The fourth-order valence-corrected chi connectivity index (χ4v) is 2.32. The van der Waals surface area contributed by atoms with Crippen LogP contribution in [0.3, 0.4) is 0 Å². The van der Waals surface area contributed by atoms with Crippen molar-refractivity contribution < 1.29 is 4.79 Å². The summed E-state index contributed by atoms with van der Waals surface area (Å²) < 4.78 is 0. The number of nitrogens with one attached hydrogen (secondary N) is 1. The second-order valence-corrected chi connectivity index (χ2v) is 5.02. The van der Waals surface area contributed by atoms with Gasteiger partial charge in [0.25, 0.3) is 5.91 Å². The Morgan fingerprint density at radius 2 is 2.05 bits per heavy atom. The van der Waals surface area contributed by atoms with Crippen LogP contribution in [0.25, 0.3) is 10.8 Å². The number of anilines is 1. The highest BCUT2D eigenvalue weighted by atomic mass is 35.5. The van der Waals surface area contributed by atoms with Gasteiger partial charge in [-0.1, -0.05) is 35.9 Å². The van der Waals surface area contributed by atoms with Crippen molar-refractivity contribution in [1.82, 2.24) is 9.97 Å². The molecule has 1 N–H and O–H groups in total. The molecule has 2 aromatic heterocycles. The number of benzene rings is 1. The predicted molar refractivity (Wildman–Crippen MR) is 83.7 cm³/mol. The highest BCUT2D eigenvalue weighted by Crippen LogP contribution is 2.23. The van der Waals surface area contributed by atoms with E-state index >= 15 is 0 Å². The van der Waals surface area contributed by atoms with Gasteiger partial charge in [-0.05, 0) is 30.0 Å². The predicted octanol–water partition coefficient (Wildman–Crippen LogP) is 3.84. The number of carbonyl (C=O) groups excluding carboxylic acids is 1. The van der Waals surface area contributed by atoms with Crippen LogP contribution in [0.1, 0.15) is 16.1 Å². The molecule has 0 bridgehead atoms. The van der Waals surface area contributed by atoms with Crippen LogP contribution in [0.5, 0.6) is 0 Å². The fraction of sp³-hybridized carbons (Fsp3) is 0.0625. The molecule has 0 aliphatic carbocycles. The molecule has 4 nitrogen and oxygen atoms in total. The Kier molecular flexibility index (Phi) is 3.54. The second kappa shape index (κ2) is 5.50. The number of halogens is 1. The fourth-order valence-electron chi connectivity index (χ4n) is 2.05. The summed E-state index contributed by atoms with van der Waals surface area (Å²) in [5.74, 6) is -0.307. The van der Waals surface area contributed by atoms with E-state index in [1.54, 1.807) is 18.5 Å². The minimum Gasteiger partial charge on any atom is -0.319 e. The van der Waals surface area contributed by atoms with Crippen LogP contribution in [0.4, 0.5) is 5.69 Å². The van der Waals surface area contributed by atoms with Gasteiger partial charge < -0.3 is 5.32 Å². The molecule has 0 saturated carbocycles. The van der Waals surface area contributed by atoms with Crippen LogP contribution in [0.15, 0.2) is 48.8 Å². The Labute approximate surface area is 126 Å². The average Bonchev–Trinajstić information content (AvgIpc) is 2.49. The van der Waals surface area contributed by atoms with Crippen LogP contribution in [0.2, 0.25) is 5.15 Å². The first-order valence-electron chi connectivity index (χ1n) is 6.42. The lowest BCUT2D eigenvalue weighted by Gasteiger charge is -2.08. The Hall–Kier alpha value is -2.46. The molecule has 0 aliphatic rings. The van der Waals surface area contributed by atoms with Gasteiger partial charge >= 0.3 is 0 Å². The van der Waals surface area contributed by atoms with Gasteiger partial charge in [0.1, 0.15) is 10.8 Å². The van der Waals surface area contributed by atoms with E-state index in [9.17, 15) is 4.79 Å². The number of aryl methyl sites for hydroxylation is 1. The molecule has 3 rings (SSSR count). The van der Waals surface area contributed by atoms with Crippen molar-refractivity contribution in [2.45, 2.75) is 6.92 Å². The summed E-state index contributed by atoms with van der Waals surface area (Å²) in [7, 11) is 0. The molecule has 0 aliphatic heterocycles. The van der Waals surface area contributed by atoms with E-state index in [-0.39, 0.29) is 11.6 Å².